The average Bonchev–Trinajstić information content (AvgIpc) is 3.53. The molecule has 1 saturated heterocycles. The Morgan fingerprint density at radius 3 is 2.10 bits per heavy atom. The highest BCUT2D eigenvalue weighted by Crippen LogP contribution is 2.43. The molecular formula is C35H48ClN7O6. The molecule has 1 unspecified atom stereocenters. The van der Waals surface area contributed by atoms with Gasteiger partial charge in [-0.1, -0.05) is 18.0 Å². The van der Waals surface area contributed by atoms with Crippen LogP contribution in [0.4, 0.5) is 25.9 Å². The number of imidazole rings is 1. The molecule has 1 aliphatic heterocycles. The summed E-state index contributed by atoms with van der Waals surface area (Å²) in [4.78, 5) is 55.9. The molecule has 3 heterocycles. The molecule has 5 rings (SSSR count). The van der Waals surface area contributed by atoms with Crippen LogP contribution in [0.15, 0.2) is 24.8 Å². The fourth-order valence-electron chi connectivity index (χ4n) is 5.93. The first kappa shape index (κ1) is 36.2. The van der Waals surface area contributed by atoms with Crippen LogP contribution in [0.1, 0.15) is 105 Å². The van der Waals surface area contributed by atoms with Crippen molar-refractivity contribution in [1.29, 1.82) is 0 Å². The maximum absolute atomic E-state index is 13.4. The third-order valence-corrected chi connectivity index (χ3v) is 8.31. The number of rotatable bonds is 6. The van der Waals surface area contributed by atoms with E-state index in [2.05, 4.69) is 25.2 Å². The quantitative estimate of drug-likeness (QED) is 0.256. The standard InChI is InChI=1S/C35H48ClN7O6/c1-33(2,3)47-30(44)40-23-13-14-41(17-23)26-16-22(36)15-24(21-11-10-12-21)25(26)18-42-20-39-27-28(42)37-19-38-29(27)43(31(45)48-34(4,5)6)32(46)49-35(7,8)9/h15-16,19-21,23H,10-14,17-18H2,1-9H3,(H,40,44). The van der Waals surface area contributed by atoms with E-state index in [1.807, 2.05) is 37.5 Å². The van der Waals surface area contributed by atoms with Gasteiger partial charge in [0.15, 0.2) is 17.0 Å². The summed E-state index contributed by atoms with van der Waals surface area (Å²) in [6.45, 7) is 17.5. The molecule has 3 aromatic rings. The maximum atomic E-state index is 13.4. The van der Waals surface area contributed by atoms with Gasteiger partial charge in [-0.15, -0.1) is 0 Å². The highest BCUT2D eigenvalue weighted by molar-refractivity contribution is 6.31. The molecule has 2 aliphatic rings. The fraction of sp³-hybridized carbons (Fsp3) is 0.600. The van der Waals surface area contributed by atoms with Crippen LogP contribution in [0.5, 0.6) is 0 Å². The number of hydrogen-bond donors (Lipinski definition) is 1. The average molecular weight is 698 g/mol. The van der Waals surface area contributed by atoms with Crippen molar-refractivity contribution in [1.82, 2.24) is 24.8 Å². The highest BCUT2D eigenvalue weighted by atomic mass is 35.5. The number of imide groups is 1. The van der Waals surface area contributed by atoms with Crippen molar-refractivity contribution in [3.05, 3.63) is 40.9 Å². The number of carbonyl (C=O) groups is 3. The van der Waals surface area contributed by atoms with Crippen molar-refractivity contribution < 1.29 is 28.6 Å². The summed E-state index contributed by atoms with van der Waals surface area (Å²) in [5, 5.41) is 3.66. The minimum absolute atomic E-state index is 0.0432. The molecule has 1 N–H and O–H groups in total. The molecule has 0 spiro atoms. The third-order valence-electron chi connectivity index (χ3n) is 8.09. The topological polar surface area (TPSA) is 141 Å². The second kappa shape index (κ2) is 13.6. The molecule has 2 fully saturated rings. The molecule has 0 radical (unpaired) electrons. The van der Waals surface area contributed by atoms with Crippen molar-refractivity contribution in [3.63, 3.8) is 0 Å². The Bertz CT molecular complexity index is 1690. The van der Waals surface area contributed by atoms with E-state index in [-0.39, 0.29) is 17.4 Å². The van der Waals surface area contributed by atoms with Gasteiger partial charge in [0, 0.05) is 23.8 Å². The molecular weight excluding hydrogens is 650 g/mol. The van der Waals surface area contributed by atoms with E-state index in [0.717, 1.165) is 53.9 Å². The van der Waals surface area contributed by atoms with Crippen LogP contribution in [0.2, 0.25) is 5.02 Å². The molecule has 1 aromatic carbocycles. The van der Waals surface area contributed by atoms with E-state index in [4.69, 9.17) is 25.8 Å². The van der Waals surface area contributed by atoms with E-state index in [1.165, 1.54) is 6.33 Å². The number of carbonyl (C=O) groups excluding carboxylic acids is 3. The van der Waals surface area contributed by atoms with E-state index >= 15 is 0 Å². The molecule has 3 amide bonds. The lowest BCUT2D eigenvalue weighted by Gasteiger charge is -2.32. The Hall–Kier alpha value is -4.13. The highest BCUT2D eigenvalue weighted by Gasteiger charge is 2.36. The molecule has 13 nitrogen and oxygen atoms in total. The van der Waals surface area contributed by atoms with Crippen molar-refractivity contribution in [3.8, 4) is 0 Å². The number of nitrogens with zero attached hydrogens (tertiary/aromatic N) is 6. The van der Waals surface area contributed by atoms with Gasteiger partial charge in [0.1, 0.15) is 23.1 Å². The van der Waals surface area contributed by atoms with Gasteiger partial charge in [-0.2, -0.15) is 4.90 Å². The van der Waals surface area contributed by atoms with Crippen molar-refractivity contribution in [2.75, 3.05) is 22.9 Å². The number of hydrogen-bond acceptors (Lipinski definition) is 10. The number of amides is 3. The number of aromatic nitrogens is 4. The second-order valence-corrected chi connectivity index (χ2v) is 16.2. The Kier molecular flexibility index (Phi) is 10.1. The molecule has 14 heteroatoms. The van der Waals surface area contributed by atoms with Crippen molar-refractivity contribution in [2.24, 2.45) is 0 Å². The zero-order valence-corrected chi connectivity index (χ0v) is 30.7. The first-order valence-electron chi connectivity index (χ1n) is 16.8. The zero-order valence-electron chi connectivity index (χ0n) is 29.9. The number of benzene rings is 1. The number of halogens is 1. The fourth-order valence-corrected chi connectivity index (χ4v) is 6.15. The molecule has 2 aromatic heterocycles. The summed E-state index contributed by atoms with van der Waals surface area (Å²) in [5.74, 6) is 0.318. The lowest BCUT2D eigenvalue weighted by atomic mass is 9.77. The van der Waals surface area contributed by atoms with E-state index in [0.29, 0.717) is 29.7 Å². The number of anilines is 2. The Balaban J connectivity index is 1.51. The molecule has 266 valence electrons. The third kappa shape index (κ3) is 8.92. The van der Waals surface area contributed by atoms with Gasteiger partial charge in [-0.3, -0.25) is 0 Å². The normalized spacial score (nSPS) is 17.1. The number of nitrogens with one attached hydrogen (secondary N) is 1. The lowest BCUT2D eigenvalue weighted by Crippen LogP contribution is -2.44. The predicted octanol–water partition coefficient (Wildman–Crippen LogP) is 7.58. The molecule has 1 atom stereocenters. The van der Waals surface area contributed by atoms with Gasteiger partial charge in [0.25, 0.3) is 0 Å². The lowest BCUT2D eigenvalue weighted by molar-refractivity contribution is 0.0426. The van der Waals surface area contributed by atoms with Crippen LogP contribution in [0.3, 0.4) is 0 Å². The van der Waals surface area contributed by atoms with Gasteiger partial charge in [-0.25, -0.2) is 29.3 Å². The maximum Gasteiger partial charge on any atom is 0.425 e. The van der Waals surface area contributed by atoms with E-state index in [9.17, 15) is 14.4 Å². The molecule has 1 saturated carbocycles. The molecule has 49 heavy (non-hydrogen) atoms. The second-order valence-electron chi connectivity index (χ2n) is 15.7. The van der Waals surface area contributed by atoms with Crippen molar-refractivity contribution in [2.45, 2.75) is 123 Å². The van der Waals surface area contributed by atoms with Crippen LogP contribution in [-0.4, -0.2) is 73.7 Å². The van der Waals surface area contributed by atoms with Gasteiger partial charge < -0.3 is 29.0 Å². The van der Waals surface area contributed by atoms with Crippen LogP contribution >= 0.6 is 11.6 Å². The summed E-state index contributed by atoms with van der Waals surface area (Å²) >= 11 is 6.75. The Labute approximate surface area is 292 Å². The number of alkyl carbamates (subject to hydrolysis) is 1. The SMILES string of the molecule is CC(C)(C)OC(=O)NC1CCN(c2cc(Cl)cc(C3CCC3)c2Cn2cnc3c(N(C(=O)OC(C)(C)C)C(=O)OC(C)(C)C)ncnc32)C1. The number of fused-ring (bicyclic) bond motifs is 1. The summed E-state index contributed by atoms with van der Waals surface area (Å²) in [5.41, 5.74) is 1.51. The minimum Gasteiger partial charge on any atom is -0.444 e. The molecule has 1 aliphatic carbocycles. The van der Waals surface area contributed by atoms with E-state index in [1.54, 1.807) is 47.9 Å². The van der Waals surface area contributed by atoms with Crippen LogP contribution in [0, 0.1) is 0 Å². The minimum atomic E-state index is -0.938. The van der Waals surface area contributed by atoms with E-state index < -0.39 is 35.1 Å². The Morgan fingerprint density at radius 2 is 1.53 bits per heavy atom. The summed E-state index contributed by atoms with van der Waals surface area (Å²) in [6.07, 6.45) is 4.63. The monoisotopic (exact) mass is 697 g/mol. The van der Waals surface area contributed by atoms with Gasteiger partial charge >= 0.3 is 18.3 Å². The largest absolute Gasteiger partial charge is 0.444 e. The summed E-state index contributed by atoms with van der Waals surface area (Å²) in [6, 6.07) is 3.93. The molecule has 0 bridgehead atoms. The first-order valence-corrected chi connectivity index (χ1v) is 17.1. The van der Waals surface area contributed by atoms with Gasteiger partial charge in [0.05, 0.1) is 18.9 Å². The zero-order chi connectivity index (χ0) is 35.9. The first-order chi connectivity index (χ1) is 22.8. The van der Waals surface area contributed by atoms with Crippen LogP contribution in [-0.2, 0) is 20.8 Å². The Morgan fingerprint density at radius 1 is 0.898 bits per heavy atom. The summed E-state index contributed by atoms with van der Waals surface area (Å²) in [7, 11) is 0. The van der Waals surface area contributed by atoms with Gasteiger partial charge in [-0.05, 0) is 111 Å². The van der Waals surface area contributed by atoms with Crippen LogP contribution in [0.25, 0.3) is 11.2 Å². The number of ether oxygens (including phenoxy) is 3. The predicted molar refractivity (Wildman–Crippen MR) is 187 cm³/mol. The van der Waals surface area contributed by atoms with Crippen molar-refractivity contribution >= 4 is 52.5 Å². The van der Waals surface area contributed by atoms with Crippen LogP contribution < -0.4 is 15.1 Å². The van der Waals surface area contributed by atoms with Gasteiger partial charge in [0.2, 0.25) is 0 Å². The smallest absolute Gasteiger partial charge is 0.425 e. The summed E-state index contributed by atoms with van der Waals surface area (Å²) < 4.78 is 18.5.